The molecule has 1 aromatic carbocycles. The lowest BCUT2D eigenvalue weighted by Crippen LogP contribution is -2.34. The highest BCUT2D eigenvalue weighted by atomic mass is 19.1. The molecule has 0 N–H and O–H groups in total. The molecule has 23 heavy (non-hydrogen) atoms. The number of carbonyl (C=O) groups excluding carboxylic acids is 1. The molecule has 0 radical (unpaired) electrons. The van der Waals surface area contributed by atoms with Crippen molar-refractivity contribution in [2.75, 3.05) is 7.11 Å². The van der Waals surface area contributed by atoms with Gasteiger partial charge in [-0.1, -0.05) is 6.07 Å². The van der Waals surface area contributed by atoms with Crippen LogP contribution in [0, 0.1) is 11.6 Å². The Bertz CT molecular complexity index is 804. The second kappa shape index (κ2) is 4.81. The maximum atomic E-state index is 14.0. The molecular weight excluding hydrogens is 302 g/mol. The van der Waals surface area contributed by atoms with Gasteiger partial charge in [0.2, 0.25) is 0 Å². The number of aromatic nitrogens is 2. The van der Waals surface area contributed by atoms with Crippen LogP contribution in [0.1, 0.15) is 36.4 Å². The van der Waals surface area contributed by atoms with Gasteiger partial charge >= 0.3 is 5.97 Å². The fraction of sp³-hybridized carbons (Fsp3) is 0.353. The molecule has 2 aromatic rings. The van der Waals surface area contributed by atoms with Crippen LogP contribution < -0.4 is 0 Å². The number of nitrogens with zero attached hydrogens (tertiary/aromatic N) is 2. The van der Waals surface area contributed by atoms with Crippen molar-refractivity contribution < 1.29 is 18.3 Å². The summed E-state index contributed by atoms with van der Waals surface area (Å²) in [6.07, 6.45) is 2.15. The largest absolute Gasteiger partial charge is 0.468 e. The summed E-state index contributed by atoms with van der Waals surface area (Å²) in [7, 11) is 1.36. The Morgan fingerprint density at radius 2 is 2.04 bits per heavy atom. The molecule has 2 aliphatic carbocycles. The number of methoxy groups -OCH3 is 1. The summed E-state index contributed by atoms with van der Waals surface area (Å²) in [4.78, 5) is 12.2. The van der Waals surface area contributed by atoms with E-state index in [-0.39, 0.29) is 23.1 Å². The van der Waals surface area contributed by atoms with Gasteiger partial charge in [0.15, 0.2) is 0 Å². The van der Waals surface area contributed by atoms with Gasteiger partial charge < -0.3 is 4.74 Å². The molecule has 0 amide bonds. The van der Waals surface area contributed by atoms with Crippen LogP contribution in [0.2, 0.25) is 0 Å². The maximum Gasteiger partial charge on any atom is 0.318 e. The second-order valence-corrected chi connectivity index (χ2v) is 6.14. The van der Waals surface area contributed by atoms with Crippen molar-refractivity contribution in [2.45, 2.75) is 30.6 Å². The summed E-state index contributed by atoms with van der Waals surface area (Å²) in [6, 6.07) is 5.35. The first-order valence-electron chi connectivity index (χ1n) is 7.48. The highest BCUT2D eigenvalue weighted by Gasteiger charge is 2.56. The third-order valence-electron chi connectivity index (χ3n) is 5.03. The average molecular weight is 316 g/mol. The molecule has 1 fully saturated rings. The molecule has 2 aliphatic rings. The maximum absolute atomic E-state index is 14.0. The highest BCUT2D eigenvalue weighted by Crippen LogP contribution is 2.57. The number of esters is 1. The summed E-state index contributed by atoms with van der Waals surface area (Å²) >= 11 is 0. The first kappa shape index (κ1) is 14.2. The standard InChI is InChI=1S/C17H14F2N2O2/c1-23-16(22)17-6-5-9(8-17)10-7-13(20-21-15(10)17)14-11(18)3-2-4-12(14)19/h2-4,7,9H,5-6,8H2,1H3/t9-,17-/m1/s1. The molecule has 118 valence electrons. The Labute approximate surface area is 131 Å². The van der Waals surface area contributed by atoms with E-state index in [0.717, 1.165) is 12.0 Å². The number of hydrogen-bond donors (Lipinski definition) is 0. The van der Waals surface area contributed by atoms with E-state index in [2.05, 4.69) is 10.2 Å². The van der Waals surface area contributed by atoms with E-state index in [1.54, 1.807) is 6.07 Å². The topological polar surface area (TPSA) is 52.1 Å². The van der Waals surface area contributed by atoms with Gasteiger partial charge in [-0.2, -0.15) is 5.10 Å². The van der Waals surface area contributed by atoms with Gasteiger partial charge in [-0.05, 0) is 48.9 Å². The van der Waals surface area contributed by atoms with E-state index in [1.165, 1.54) is 25.3 Å². The number of carbonyl (C=O) groups is 1. The van der Waals surface area contributed by atoms with Crippen molar-refractivity contribution in [1.82, 2.24) is 10.2 Å². The average Bonchev–Trinajstić information content (AvgIpc) is 3.12. The number of fused-ring (bicyclic) bond motifs is 5. The van der Waals surface area contributed by atoms with Crippen LogP contribution in [-0.4, -0.2) is 23.3 Å². The van der Waals surface area contributed by atoms with Crippen LogP contribution in [0.25, 0.3) is 11.3 Å². The minimum absolute atomic E-state index is 0.159. The summed E-state index contributed by atoms with van der Waals surface area (Å²) < 4.78 is 32.8. The van der Waals surface area contributed by atoms with E-state index in [4.69, 9.17) is 4.74 Å². The monoisotopic (exact) mass is 316 g/mol. The zero-order valence-corrected chi connectivity index (χ0v) is 12.5. The van der Waals surface area contributed by atoms with Crippen molar-refractivity contribution >= 4 is 5.97 Å². The van der Waals surface area contributed by atoms with Crippen LogP contribution in [0.15, 0.2) is 24.3 Å². The smallest absolute Gasteiger partial charge is 0.318 e. The lowest BCUT2D eigenvalue weighted by atomic mass is 9.83. The van der Waals surface area contributed by atoms with Crippen molar-refractivity contribution in [3.63, 3.8) is 0 Å². The van der Waals surface area contributed by atoms with Crippen LogP contribution in [0.3, 0.4) is 0 Å². The summed E-state index contributed by atoms with van der Waals surface area (Å²) in [5.41, 5.74) is 0.689. The van der Waals surface area contributed by atoms with Crippen LogP contribution in [0.5, 0.6) is 0 Å². The number of halogens is 2. The Balaban J connectivity index is 1.86. The quantitative estimate of drug-likeness (QED) is 0.799. The van der Waals surface area contributed by atoms with Gasteiger partial charge in [-0.15, -0.1) is 5.10 Å². The predicted molar refractivity (Wildman–Crippen MR) is 77.7 cm³/mol. The summed E-state index contributed by atoms with van der Waals surface area (Å²) in [5, 5.41) is 8.14. The van der Waals surface area contributed by atoms with Gasteiger partial charge in [0.1, 0.15) is 17.0 Å². The molecule has 1 heterocycles. The van der Waals surface area contributed by atoms with Crippen LogP contribution in [-0.2, 0) is 14.9 Å². The number of ether oxygens (including phenoxy) is 1. The lowest BCUT2D eigenvalue weighted by Gasteiger charge is -2.24. The van der Waals surface area contributed by atoms with E-state index in [1.807, 2.05) is 0 Å². The molecule has 1 aromatic heterocycles. The van der Waals surface area contributed by atoms with Crippen LogP contribution in [0.4, 0.5) is 8.78 Å². The minimum Gasteiger partial charge on any atom is -0.468 e. The minimum atomic E-state index is -0.742. The Kier molecular flexibility index (Phi) is 2.98. The summed E-state index contributed by atoms with van der Waals surface area (Å²) in [6.45, 7) is 0. The molecule has 0 aliphatic heterocycles. The summed E-state index contributed by atoms with van der Waals surface area (Å²) in [5.74, 6) is -1.50. The number of rotatable bonds is 2. The van der Waals surface area contributed by atoms with Gasteiger partial charge in [0, 0.05) is 0 Å². The molecule has 4 nitrogen and oxygen atoms in total. The Morgan fingerprint density at radius 1 is 1.30 bits per heavy atom. The lowest BCUT2D eigenvalue weighted by molar-refractivity contribution is -0.147. The number of hydrogen-bond acceptors (Lipinski definition) is 4. The Morgan fingerprint density at radius 3 is 2.74 bits per heavy atom. The van der Waals surface area contributed by atoms with Gasteiger partial charge in [0.25, 0.3) is 0 Å². The molecule has 2 atom stereocenters. The van der Waals surface area contributed by atoms with Crippen molar-refractivity contribution in [2.24, 2.45) is 0 Å². The van der Waals surface area contributed by atoms with Crippen molar-refractivity contribution in [1.29, 1.82) is 0 Å². The van der Waals surface area contributed by atoms with Crippen LogP contribution >= 0.6 is 0 Å². The predicted octanol–water partition coefficient (Wildman–Crippen LogP) is 3.11. The molecule has 0 saturated heterocycles. The molecule has 0 spiro atoms. The third kappa shape index (κ3) is 1.84. The van der Waals surface area contributed by atoms with Gasteiger partial charge in [0.05, 0.1) is 24.1 Å². The molecular formula is C17H14F2N2O2. The fourth-order valence-corrected chi connectivity index (χ4v) is 3.96. The van der Waals surface area contributed by atoms with Crippen molar-refractivity contribution in [3.8, 4) is 11.3 Å². The van der Waals surface area contributed by atoms with E-state index >= 15 is 0 Å². The van der Waals surface area contributed by atoms with E-state index in [0.29, 0.717) is 18.5 Å². The van der Waals surface area contributed by atoms with Crippen molar-refractivity contribution in [3.05, 3.63) is 47.2 Å². The molecule has 0 unspecified atom stereocenters. The highest BCUT2D eigenvalue weighted by molar-refractivity contribution is 5.85. The van der Waals surface area contributed by atoms with E-state index < -0.39 is 17.0 Å². The van der Waals surface area contributed by atoms with E-state index in [9.17, 15) is 13.6 Å². The molecule has 4 rings (SSSR count). The third-order valence-corrected chi connectivity index (χ3v) is 5.03. The first-order chi connectivity index (χ1) is 11.1. The van der Waals surface area contributed by atoms with Gasteiger partial charge in [-0.3, -0.25) is 4.79 Å². The second-order valence-electron chi connectivity index (χ2n) is 6.14. The Hall–Kier alpha value is -2.37. The molecule has 1 saturated carbocycles. The fourth-order valence-electron chi connectivity index (χ4n) is 3.96. The zero-order chi connectivity index (χ0) is 16.2. The normalized spacial score (nSPS) is 24.6. The zero-order valence-electron chi connectivity index (χ0n) is 12.5. The molecule has 2 bridgehead atoms. The van der Waals surface area contributed by atoms with Gasteiger partial charge in [-0.25, -0.2) is 8.78 Å². The SMILES string of the molecule is COC(=O)[C@]12CC[C@H](C1)c1cc(-c3c(F)cccc3F)nnc12. The molecule has 6 heteroatoms. The number of benzene rings is 1. The first-order valence-corrected chi connectivity index (χ1v) is 7.48.